The first-order chi connectivity index (χ1) is 6.21. The van der Waals surface area contributed by atoms with Crippen LogP contribution in [0.3, 0.4) is 0 Å². The van der Waals surface area contributed by atoms with Gasteiger partial charge >= 0.3 is 0 Å². The van der Waals surface area contributed by atoms with Crippen LogP contribution in [0.25, 0.3) is 0 Å². The Kier molecular flexibility index (Phi) is 2.66. The fourth-order valence-electron chi connectivity index (χ4n) is 1.28. The molecule has 0 saturated carbocycles. The molecular weight excluding hydrogens is 172 g/mol. The Morgan fingerprint density at radius 1 is 0.571 bits per heavy atom. The zero-order valence-corrected chi connectivity index (χ0v) is 10.2. The highest BCUT2D eigenvalue weighted by Crippen LogP contribution is 2.22. The summed E-state index contributed by atoms with van der Waals surface area (Å²) >= 11 is 0. The van der Waals surface area contributed by atoms with Crippen molar-refractivity contribution in [2.75, 3.05) is 0 Å². The molecule has 0 N–H and O–H groups in total. The molecule has 1 aliphatic heterocycles. The van der Waals surface area contributed by atoms with Crippen LogP contribution in [-0.2, 0) is 0 Å². The number of hydrogen-bond acceptors (Lipinski definition) is 2. The van der Waals surface area contributed by atoms with Gasteiger partial charge in [-0.15, -0.1) is 0 Å². The van der Waals surface area contributed by atoms with E-state index in [-0.39, 0.29) is 11.1 Å². The van der Waals surface area contributed by atoms with Crippen LogP contribution >= 0.6 is 0 Å². The Balaban J connectivity index is 2.72. The topological polar surface area (TPSA) is 6.48 Å². The first-order valence-corrected chi connectivity index (χ1v) is 5.15. The maximum atomic E-state index is 2.22. The van der Waals surface area contributed by atoms with E-state index in [9.17, 15) is 0 Å². The molecule has 14 heavy (non-hydrogen) atoms. The molecule has 0 spiro atoms. The number of rotatable bonds is 0. The van der Waals surface area contributed by atoms with E-state index < -0.39 is 0 Å². The SMILES string of the molecule is CC(C)(C)N1C=CN(C(C)(C)C)C=C1. The third-order valence-corrected chi connectivity index (χ3v) is 2.32. The van der Waals surface area contributed by atoms with Crippen molar-refractivity contribution in [3.05, 3.63) is 24.8 Å². The van der Waals surface area contributed by atoms with Crippen LogP contribution in [0.2, 0.25) is 0 Å². The summed E-state index contributed by atoms with van der Waals surface area (Å²) in [6, 6.07) is 0. The molecule has 1 heterocycles. The van der Waals surface area contributed by atoms with Crippen molar-refractivity contribution in [3.63, 3.8) is 0 Å². The van der Waals surface area contributed by atoms with Gasteiger partial charge in [-0.05, 0) is 41.5 Å². The summed E-state index contributed by atoms with van der Waals surface area (Å²) in [6.07, 6.45) is 8.52. The molecule has 0 aromatic carbocycles. The summed E-state index contributed by atoms with van der Waals surface area (Å²) < 4.78 is 0. The van der Waals surface area contributed by atoms with Crippen LogP contribution in [0, 0.1) is 0 Å². The molecule has 0 saturated heterocycles. The zero-order chi connectivity index (χ0) is 11.0. The van der Waals surface area contributed by atoms with E-state index in [0.717, 1.165) is 0 Å². The lowest BCUT2D eigenvalue weighted by Crippen LogP contribution is -2.39. The summed E-state index contributed by atoms with van der Waals surface area (Å²) in [5.41, 5.74) is 0.327. The largest absolute Gasteiger partial charge is 0.346 e. The van der Waals surface area contributed by atoms with E-state index in [0.29, 0.717) is 0 Å². The molecule has 0 aliphatic carbocycles. The summed E-state index contributed by atoms with van der Waals surface area (Å²) in [6.45, 7) is 13.2. The molecule has 0 radical (unpaired) electrons. The average molecular weight is 194 g/mol. The Morgan fingerprint density at radius 3 is 0.929 bits per heavy atom. The molecule has 0 bridgehead atoms. The summed E-state index contributed by atoms with van der Waals surface area (Å²) in [5, 5.41) is 0. The minimum Gasteiger partial charge on any atom is -0.346 e. The van der Waals surface area contributed by atoms with Gasteiger partial charge in [0, 0.05) is 35.9 Å². The Labute approximate surface area is 87.9 Å². The Bertz CT molecular complexity index is 210. The van der Waals surface area contributed by atoms with E-state index in [2.05, 4.69) is 76.1 Å². The molecule has 0 aromatic rings. The van der Waals surface area contributed by atoms with E-state index in [1.54, 1.807) is 0 Å². The number of nitrogens with zero attached hydrogens (tertiary/aromatic N) is 2. The maximum absolute atomic E-state index is 2.22. The normalized spacial score (nSPS) is 17.9. The van der Waals surface area contributed by atoms with Gasteiger partial charge in [0.05, 0.1) is 0 Å². The first-order valence-electron chi connectivity index (χ1n) is 5.15. The van der Waals surface area contributed by atoms with Gasteiger partial charge < -0.3 is 9.80 Å². The standard InChI is InChI=1S/C12H22N2/c1-11(2,3)13-7-9-14(10-8-13)12(4,5)6/h7-10H,1-6H3. The third-order valence-electron chi connectivity index (χ3n) is 2.32. The first kappa shape index (κ1) is 11.2. The molecule has 0 atom stereocenters. The molecule has 1 rings (SSSR count). The second kappa shape index (κ2) is 3.34. The molecule has 0 fully saturated rings. The van der Waals surface area contributed by atoms with Crippen molar-refractivity contribution in [1.82, 2.24) is 9.80 Å². The monoisotopic (exact) mass is 194 g/mol. The lowest BCUT2D eigenvalue weighted by Gasteiger charge is -2.39. The predicted octanol–water partition coefficient (Wildman–Crippen LogP) is 3.14. The lowest BCUT2D eigenvalue weighted by atomic mass is 10.1. The zero-order valence-electron chi connectivity index (χ0n) is 10.2. The van der Waals surface area contributed by atoms with Crippen molar-refractivity contribution in [3.8, 4) is 0 Å². The van der Waals surface area contributed by atoms with Crippen LogP contribution in [0.4, 0.5) is 0 Å². The highest BCUT2D eigenvalue weighted by molar-refractivity contribution is 5.07. The average Bonchev–Trinajstić information content (AvgIpc) is 2.01. The molecule has 2 nitrogen and oxygen atoms in total. The van der Waals surface area contributed by atoms with Crippen LogP contribution in [-0.4, -0.2) is 20.9 Å². The highest BCUT2D eigenvalue weighted by Gasteiger charge is 2.21. The second-order valence-corrected chi connectivity index (χ2v) is 5.75. The number of hydrogen-bond donors (Lipinski definition) is 0. The fraction of sp³-hybridized carbons (Fsp3) is 0.667. The van der Waals surface area contributed by atoms with E-state index >= 15 is 0 Å². The molecule has 0 amide bonds. The van der Waals surface area contributed by atoms with E-state index in [1.807, 2.05) is 0 Å². The second-order valence-electron chi connectivity index (χ2n) is 5.75. The summed E-state index contributed by atoms with van der Waals surface area (Å²) in [5.74, 6) is 0. The molecule has 1 aliphatic rings. The molecule has 2 heteroatoms. The van der Waals surface area contributed by atoms with Crippen molar-refractivity contribution >= 4 is 0 Å². The minimum absolute atomic E-state index is 0.164. The summed E-state index contributed by atoms with van der Waals surface area (Å²) in [7, 11) is 0. The van der Waals surface area contributed by atoms with Crippen molar-refractivity contribution in [2.24, 2.45) is 0 Å². The highest BCUT2D eigenvalue weighted by atomic mass is 15.2. The van der Waals surface area contributed by atoms with Gasteiger partial charge in [-0.2, -0.15) is 0 Å². The van der Waals surface area contributed by atoms with Crippen LogP contribution in [0.15, 0.2) is 24.8 Å². The fourth-order valence-corrected chi connectivity index (χ4v) is 1.28. The Hall–Kier alpha value is -0.920. The lowest BCUT2D eigenvalue weighted by molar-refractivity contribution is 0.225. The maximum Gasteiger partial charge on any atom is 0.0356 e. The van der Waals surface area contributed by atoms with Gasteiger partial charge in [-0.25, -0.2) is 0 Å². The quantitative estimate of drug-likeness (QED) is 0.584. The van der Waals surface area contributed by atoms with Crippen LogP contribution < -0.4 is 0 Å². The smallest absolute Gasteiger partial charge is 0.0356 e. The van der Waals surface area contributed by atoms with Crippen molar-refractivity contribution in [2.45, 2.75) is 52.6 Å². The summed E-state index contributed by atoms with van der Waals surface area (Å²) in [4.78, 5) is 4.43. The van der Waals surface area contributed by atoms with Gasteiger partial charge in [0.2, 0.25) is 0 Å². The van der Waals surface area contributed by atoms with Crippen molar-refractivity contribution < 1.29 is 0 Å². The van der Waals surface area contributed by atoms with Crippen LogP contribution in [0.1, 0.15) is 41.5 Å². The van der Waals surface area contributed by atoms with Crippen molar-refractivity contribution in [1.29, 1.82) is 0 Å². The van der Waals surface area contributed by atoms with Gasteiger partial charge in [0.15, 0.2) is 0 Å². The van der Waals surface area contributed by atoms with E-state index in [1.165, 1.54) is 0 Å². The molecule has 0 unspecified atom stereocenters. The molecule has 0 aromatic heterocycles. The minimum atomic E-state index is 0.164. The Morgan fingerprint density at radius 2 is 0.786 bits per heavy atom. The van der Waals surface area contributed by atoms with Gasteiger partial charge in [-0.3, -0.25) is 0 Å². The molecule has 80 valence electrons. The predicted molar refractivity (Wildman–Crippen MR) is 61.5 cm³/mol. The van der Waals surface area contributed by atoms with E-state index in [4.69, 9.17) is 0 Å². The van der Waals surface area contributed by atoms with Gasteiger partial charge in [-0.1, -0.05) is 0 Å². The van der Waals surface area contributed by atoms with Crippen LogP contribution in [0.5, 0.6) is 0 Å². The van der Waals surface area contributed by atoms with Gasteiger partial charge in [0.1, 0.15) is 0 Å². The van der Waals surface area contributed by atoms with Gasteiger partial charge in [0.25, 0.3) is 0 Å². The third kappa shape index (κ3) is 2.53. The molecular formula is C12H22N2.